The zero-order valence-electron chi connectivity index (χ0n) is 8.66. The minimum Gasteiger partial charge on any atom is -0.374 e. The quantitative estimate of drug-likeness (QED) is 0.710. The first kappa shape index (κ1) is 9.25. The third-order valence-corrected chi connectivity index (χ3v) is 2.82. The Kier molecular flexibility index (Phi) is 2.28. The molecule has 1 heterocycles. The number of rotatable bonds is 2. The van der Waals surface area contributed by atoms with Crippen LogP contribution in [0.2, 0.25) is 0 Å². The van der Waals surface area contributed by atoms with Crippen molar-refractivity contribution in [2.45, 2.75) is 19.3 Å². The van der Waals surface area contributed by atoms with Crippen molar-refractivity contribution in [3.8, 4) is 0 Å². The second-order valence-electron chi connectivity index (χ2n) is 4.04. The Morgan fingerprint density at radius 1 is 1.50 bits per heavy atom. The summed E-state index contributed by atoms with van der Waals surface area (Å²) in [4.78, 5) is 13.3. The maximum absolute atomic E-state index is 11.1. The van der Waals surface area contributed by atoms with Gasteiger partial charge in [0.1, 0.15) is 5.78 Å². The van der Waals surface area contributed by atoms with Crippen LogP contribution in [0.4, 0.5) is 5.69 Å². The van der Waals surface area contributed by atoms with Crippen molar-refractivity contribution < 1.29 is 4.79 Å². The van der Waals surface area contributed by atoms with Crippen molar-refractivity contribution in [1.82, 2.24) is 0 Å². The van der Waals surface area contributed by atoms with Gasteiger partial charge in [0.05, 0.1) is 0 Å². The van der Waals surface area contributed by atoms with E-state index in [9.17, 15) is 4.79 Å². The van der Waals surface area contributed by atoms with Gasteiger partial charge in [0.15, 0.2) is 0 Å². The molecule has 1 unspecified atom stereocenters. The number of anilines is 1. The van der Waals surface area contributed by atoms with E-state index in [1.807, 2.05) is 12.1 Å². The lowest BCUT2D eigenvalue weighted by Crippen LogP contribution is -2.16. The molecule has 0 amide bonds. The van der Waals surface area contributed by atoms with Crippen molar-refractivity contribution in [3.05, 3.63) is 29.8 Å². The first-order valence-corrected chi connectivity index (χ1v) is 4.98. The molecule has 1 aliphatic heterocycles. The molecule has 0 spiro atoms. The molecule has 0 aromatic heterocycles. The van der Waals surface area contributed by atoms with E-state index in [1.54, 1.807) is 6.92 Å². The molecule has 2 heteroatoms. The molecule has 2 rings (SSSR count). The average Bonchev–Trinajstić information content (AvgIpc) is 2.44. The van der Waals surface area contributed by atoms with Crippen molar-refractivity contribution >= 4 is 11.5 Å². The second kappa shape index (κ2) is 3.45. The highest BCUT2D eigenvalue weighted by molar-refractivity contribution is 5.77. The first-order chi connectivity index (χ1) is 6.68. The van der Waals surface area contributed by atoms with Crippen LogP contribution < -0.4 is 4.90 Å². The SMILES string of the molecule is CC(=O)CC1CN(C)c2ccccc21. The number of likely N-dealkylation sites (N-methyl/N-ethyl adjacent to an activating group) is 1. The number of benzene rings is 1. The monoisotopic (exact) mass is 189 g/mol. The molecule has 0 radical (unpaired) electrons. The number of fused-ring (bicyclic) bond motifs is 1. The first-order valence-electron chi connectivity index (χ1n) is 4.98. The molecule has 0 aliphatic carbocycles. The summed E-state index contributed by atoms with van der Waals surface area (Å²) in [7, 11) is 2.08. The van der Waals surface area contributed by atoms with Gasteiger partial charge in [0.2, 0.25) is 0 Å². The highest BCUT2D eigenvalue weighted by atomic mass is 16.1. The molecule has 74 valence electrons. The lowest BCUT2D eigenvalue weighted by molar-refractivity contribution is -0.117. The van der Waals surface area contributed by atoms with Crippen LogP contribution in [-0.4, -0.2) is 19.4 Å². The summed E-state index contributed by atoms with van der Waals surface area (Å²) in [5.74, 6) is 0.675. The Morgan fingerprint density at radius 3 is 2.93 bits per heavy atom. The van der Waals surface area contributed by atoms with E-state index in [2.05, 4.69) is 24.1 Å². The van der Waals surface area contributed by atoms with Crippen LogP contribution in [0.3, 0.4) is 0 Å². The number of Topliss-reactive ketones (excluding diaryl/α,β-unsaturated/α-hetero) is 1. The van der Waals surface area contributed by atoms with Crippen LogP contribution in [0.5, 0.6) is 0 Å². The Labute approximate surface area is 84.5 Å². The summed E-state index contributed by atoms with van der Waals surface area (Å²) < 4.78 is 0. The standard InChI is InChI=1S/C12H15NO/c1-9(14)7-10-8-13(2)12-6-4-3-5-11(10)12/h3-6,10H,7-8H2,1-2H3. The lowest BCUT2D eigenvalue weighted by Gasteiger charge is -2.11. The third-order valence-electron chi connectivity index (χ3n) is 2.82. The molecule has 0 saturated carbocycles. The highest BCUT2D eigenvalue weighted by Gasteiger charge is 2.26. The minimum atomic E-state index is 0.278. The maximum Gasteiger partial charge on any atom is 0.130 e. The molecule has 2 nitrogen and oxygen atoms in total. The fourth-order valence-corrected chi connectivity index (χ4v) is 2.23. The van der Waals surface area contributed by atoms with Crippen LogP contribution in [0.1, 0.15) is 24.8 Å². The smallest absolute Gasteiger partial charge is 0.130 e. The number of carbonyl (C=O) groups excluding carboxylic acids is 1. The fourth-order valence-electron chi connectivity index (χ4n) is 2.23. The Balaban J connectivity index is 2.29. The number of carbonyl (C=O) groups is 1. The molecular formula is C12H15NO. The van der Waals surface area contributed by atoms with Crippen molar-refractivity contribution in [2.75, 3.05) is 18.5 Å². The van der Waals surface area contributed by atoms with Gasteiger partial charge < -0.3 is 9.69 Å². The molecule has 1 atom stereocenters. The number of hydrogen-bond donors (Lipinski definition) is 0. The van der Waals surface area contributed by atoms with Crippen LogP contribution in [0.15, 0.2) is 24.3 Å². The zero-order valence-corrected chi connectivity index (χ0v) is 8.66. The van der Waals surface area contributed by atoms with Crippen molar-refractivity contribution in [3.63, 3.8) is 0 Å². The molecule has 0 saturated heterocycles. The fraction of sp³-hybridized carbons (Fsp3) is 0.417. The van der Waals surface area contributed by atoms with Crippen LogP contribution >= 0.6 is 0 Å². The van der Waals surface area contributed by atoms with E-state index in [0.717, 1.165) is 6.54 Å². The molecule has 1 aromatic carbocycles. The summed E-state index contributed by atoms with van der Waals surface area (Å²) >= 11 is 0. The molecule has 14 heavy (non-hydrogen) atoms. The highest BCUT2D eigenvalue weighted by Crippen LogP contribution is 2.36. The maximum atomic E-state index is 11.1. The minimum absolute atomic E-state index is 0.278. The average molecular weight is 189 g/mol. The van der Waals surface area contributed by atoms with Gasteiger partial charge in [-0.1, -0.05) is 18.2 Å². The van der Waals surface area contributed by atoms with E-state index >= 15 is 0 Å². The summed E-state index contributed by atoms with van der Waals surface area (Å²) in [6.45, 7) is 2.64. The molecule has 0 fully saturated rings. The number of hydrogen-bond acceptors (Lipinski definition) is 2. The second-order valence-corrected chi connectivity index (χ2v) is 4.04. The van der Waals surface area contributed by atoms with Gasteiger partial charge in [-0.3, -0.25) is 0 Å². The van der Waals surface area contributed by atoms with Gasteiger partial charge in [-0.15, -0.1) is 0 Å². The Hall–Kier alpha value is -1.31. The van der Waals surface area contributed by atoms with E-state index < -0.39 is 0 Å². The normalized spacial score (nSPS) is 19.6. The van der Waals surface area contributed by atoms with Crippen LogP contribution in [0.25, 0.3) is 0 Å². The molecule has 0 N–H and O–H groups in total. The topological polar surface area (TPSA) is 20.3 Å². The largest absolute Gasteiger partial charge is 0.374 e. The van der Waals surface area contributed by atoms with Gasteiger partial charge in [-0.25, -0.2) is 0 Å². The summed E-state index contributed by atoms with van der Waals surface area (Å²) in [5.41, 5.74) is 2.60. The van der Waals surface area contributed by atoms with Crippen molar-refractivity contribution in [2.24, 2.45) is 0 Å². The molecule has 1 aromatic rings. The van der Waals surface area contributed by atoms with Crippen LogP contribution in [0, 0.1) is 0 Å². The number of ketones is 1. The van der Waals surface area contributed by atoms with E-state index in [0.29, 0.717) is 12.3 Å². The molecular weight excluding hydrogens is 174 g/mol. The van der Waals surface area contributed by atoms with Gasteiger partial charge >= 0.3 is 0 Å². The predicted molar refractivity (Wildman–Crippen MR) is 57.8 cm³/mol. The summed E-state index contributed by atoms with van der Waals surface area (Å²) in [5, 5.41) is 0. The summed E-state index contributed by atoms with van der Waals surface area (Å²) in [6.07, 6.45) is 0.668. The Morgan fingerprint density at radius 2 is 2.21 bits per heavy atom. The van der Waals surface area contributed by atoms with Crippen molar-refractivity contribution in [1.29, 1.82) is 0 Å². The summed E-state index contributed by atoms with van der Waals surface area (Å²) in [6, 6.07) is 8.35. The molecule has 1 aliphatic rings. The van der Waals surface area contributed by atoms with Gasteiger partial charge in [0, 0.05) is 31.6 Å². The van der Waals surface area contributed by atoms with E-state index in [-0.39, 0.29) is 5.78 Å². The van der Waals surface area contributed by atoms with Gasteiger partial charge in [-0.2, -0.15) is 0 Å². The third kappa shape index (κ3) is 1.52. The number of para-hydroxylation sites is 1. The van der Waals surface area contributed by atoms with E-state index in [1.165, 1.54) is 11.3 Å². The van der Waals surface area contributed by atoms with Gasteiger partial charge in [-0.05, 0) is 18.6 Å². The van der Waals surface area contributed by atoms with Crippen LogP contribution in [-0.2, 0) is 4.79 Å². The van der Waals surface area contributed by atoms with E-state index in [4.69, 9.17) is 0 Å². The Bertz CT molecular complexity index is 359. The number of nitrogens with zero attached hydrogens (tertiary/aromatic N) is 1. The lowest BCUT2D eigenvalue weighted by atomic mass is 9.96. The zero-order chi connectivity index (χ0) is 10.1. The van der Waals surface area contributed by atoms with Gasteiger partial charge in [0.25, 0.3) is 0 Å². The predicted octanol–water partition coefficient (Wildman–Crippen LogP) is 2.20. The molecule has 0 bridgehead atoms.